The number of rotatable bonds is 5. The summed E-state index contributed by atoms with van der Waals surface area (Å²) in [7, 11) is 0. The van der Waals surface area contributed by atoms with Gasteiger partial charge in [-0.05, 0) is 44.9 Å². The van der Waals surface area contributed by atoms with Crippen molar-refractivity contribution in [2.24, 2.45) is 0 Å². The van der Waals surface area contributed by atoms with Crippen LogP contribution in [0.1, 0.15) is 57.1 Å². The monoisotopic (exact) mass is 270 g/mol. The first-order valence-corrected chi connectivity index (χ1v) is 7.72. The number of nitrogens with zero attached hydrogens (tertiary/aromatic N) is 3. The number of nitriles is 1. The Kier molecular flexibility index (Phi) is 3.98. The first-order chi connectivity index (χ1) is 9.82. The highest BCUT2D eigenvalue weighted by molar-refractivity contribution is 5.16. The smallest absolute Gasteiger partial charge is 0.0648 e. The van der Waals surface area contributed by atoms with E-state index in [1.165, 1.54) is 25.7 Å². The van der Waals surface area contributed by atoms with Crippen molar-refractivity contribution < 1.29 is 0 Å². The molecular weight excluding hydrogens is 248 g/mol. The van der Waals surface area contributed by atoms with Gasteiger partial charge in [-0.15, -0.1) is 0 Å². The summed E-state index contributed by atoms with van der Waals surface area (Å²) in [5.41, 5.74) is 1.16. The van der Waals surface area contributed by atoms with Gasteiger partial charge in [-0.25, -0.2) is 0 Å². The molecule has 0 unspecified atom stereocenters. The maximum absolute atomic E-state index is 8.94. The normalized spacial score (nSPS) is 29.9. The van der Waals surface area contributed by atoms with Gasteiger partial charge in [-0.1, -0.05) is 0 Å². The molecule has 0 amide bonds. The molecular formula is C16H22N4. The second-order valence-corrected chi connectivity index (χ2v) is 6.24. The molecule has 0 aromatic carbocycles. The number of hydrogen-bond acceptors (Lipinski definition) is 4. The molecule has 106 valence electrons. The molecule has 0 bridgehead atoms. The minimum absolute atomic E-state index is 0.0751. The largest absolute Gasteiger partial charge is 0.311 e. The second kappa shape index (κ2) is 5.88. The van der Waals surface area contributed by atoms with Crippen LogP contribution in [-0.2, 0) is 5.41 Å². The molecule has 1 N–H and O–H groups in total. The highest BCUT2D eigenvalue weighted by atomic mass is 15.0. The van der Waals surface area contributed by atoms with Crippen LogP contribution in [0.2, 0.25) is 0 Å². The van der Waals surface area contributed by atoms with Crippen LogP contribution >= 0.6 is 0 Å². The van der Waals surface area contributed by atoms with E-state index in [1.54, 1.807) is 12.4 Å². The average Bonchev–Trinajstić information content (AvgIpc) is 3.32. The van der Waals surface area contributed by atoms with Crippen molar-refractivity contribution in [3.05, 3.63) is 24.3 Å². The van der Waals surface area contributed by atoms with Crippen LogP contribution in [0.5, 0.6) is 0 Å². The van der Waals surface area contributed by atoms with Gasteiger partial charge in [0.2, 0.25) is 0 Å². The van der Waals surface area contributed by atoms with E-state index in [9.17, 15) is 0 Å². The Bertz CT molecular complexity index is 467. The Hall–Kier alpha value is -1.47. The molecule has 1 aromatic rings. The third-order valence-corrected chi connectivity index (χ3v) is 4.81. The molecule has 3 rings (SSSR count). The second-order valence-electron chi connectivity index (χ2n) is 6.24. The van der Waals surface area contributed by atoms with E-state index in [4.69, 9.17) is 5.26 Å². The van der Waals surface area contributed by atoms with Crippen LogP contribution < -0.4 is 5.32 Å². The molecule has 4 heteroatoms. The third kappa shape index (κ3) is 2.99. The lowest BCUT2D eigenvalue weighted by Crippen LogP contribution is -2.41. The maximum Gasteiger partial charge on any atom is 0.0648 e. The van der Waals surface area contributed by atoms with Crippen LogP contribution in [0.3, 0.4) is 0 Å². The Morgan fingerprint density at radius 1 is 1.20 bits per heavy atom. The summed E-state index contributed by atoms with van der Waals surface area (Å²) in [6.45, 7) is 0. The summed E-state index contributed by atoms with van der Waals surface area (Å²) >= 11 is 0. The van der Waals surface area contributed by atoms with E-state index in [1.807, 2.05) is 6.20 Å². The van der Waals surface area contributed by atoms with Gasteiger partial charge in [0.15, 0.2) is 0 Å². The van der Waals surface area contributed by atoms with Gasteiger partial charge in [0.1, 0.15) is 0 Å². The molecule has 1 aromatic heterocycles. The zero-order chi connectivity index (χ0) is 13.8. The van der Waals surface area contributed by atoms with E-state index in [2.05, 4.69) is 21.4 Å². The van der Waals surface area contributed by atoms with Crippen molar-refractivity contribution in [1.29, 1.82) is 5.26 Å². The van der Waals surface area contributed by atoms with E-state index in [0.717, 1.165) is 31.0 Å². The molecule has 1 heterocycles. The zero-order valence-corrected chi connectivity index (χ0v) is 11.9. The van der Waals surface area contributed by atoms with Crippen molar-refractivity contribution in [3.8, 4) is 6.07 Å². The maximum atomic E-state index is 8.94. The molecule has 0 saturated heterocycles. The van der Waals surface area contributed by atoms with Crippen molar-refractivity contribution >= 4 is 0 Å². The van der Waals surface area contributed by atoms with Gasteiger partial charge in [0.25, 0.3) is 0 Å². The number of aromatic nitrogens is 2. The molecule has 2 saturated carbocycles. The van der Waals surface area contributed by atoms with Gasteiger partial charge >= 0.3 is 0 Å². The van der Waals surface area contributed by atoms with Crippen molar-refractivity contribution in [1.82, 2.24) is 15.3 Å². The molecule has 0 aliphatic heterocycles. The lowest BCUT2D eigenvalue weighted by atomic mass is 9.68. The first kappa shape index (κ1) is 13.5. The summed E-state index contributed by atoms with van der Waals surface area (Å²) < 4.78 is 0. The molecule has 0 atom stereocenters. The van der Waals surface area contributed by atoms with Crippen LogP contribution in [-0.4, -0.2) is 22.1 Å². The van der Waals surface area contributed by atoms with E-state index < -0.39 is 0 Å². The minimum atomic E-state index is 0.0751. The SMILES string of the molecule is N#CCC[C@]1(c2cnccn2)CC[C@H](NC2CC2)CC1. The molecule has 4 nitrogen and oxygen atoms in total. The lowest BCUT2D eigenvalue weighted by molar-refractivity contribution is 0.227. The van der Waals surface area contributed by atoms with E-state index in [0.29, 0.717) is 12.5 Å². The quantitative estimate of drug-likeness (QED) is 0.893. The Balaban J connectivity index is 1.69. The van der Waals surface area contributed by atoms with Gasteiger partial charge in [0, 0.05) is 42.5 Å². The minimum Gasteiger partial charge on any atom is -0.311 e. The van der Waals surface area contributed by atoms with Crippen molar-refractivity contribution in [2.75, 3.05) is 0 Å². The molecule has 2 aliphatic rings. The fourth-order valence-corrected chi connectivity index (χ4v) is 3.42. The lowest BCUT2D eigenvalue weighted by Gasteiger charge is -2.39. The first-order valence-electron chi connectivity index (χ1n) is 7.72. The average molecular weight is 270 g/mol. The van der Waals surface area contributed by atoms with E-state index in [-0.39, 0.29) is 5.41 Å². The Labute approximate surface area is 120 Å². The third-order valence-electron chi connectivity index (χ3n) is 4.81. The van der Waals surface area contributed by atoms with Crippen molar-refractivity contribution in [3.63, 3.8) is 0 Å². The molecule has 20 heavy (non-hydrogen) atoms. The van der Waals surface area contributed by atoms with Crippen LogP contribution in [0.4, 0.5) is 0 Å². The number of hydrogen-bond donors (Lipinski definition) is 1. The van der Waals surface area contributed by atoms with Crippen LogP contribution in [0, 0.1) is 11.3 Å². The molecule has 2 aliphatic carbocycles. The predicted octanol–water partition coefficient (Wildman–Crippen LogP) is 2.71. The van der Waals surface area contributed by atoms with Gasteiger partial charge in [0.05, 0.1) is 11.8 Å². The summed E-state index contributed by atoms with van der Waals surface area (Å²) in [4.78, 5) is 8.76. The van der Waals surface area contributed by atoms with Gasteiger partial charge < -0.3 is 5.32 Å². The van der Waals surface area contributed by atoms with Crippen LogP contribution in [0.15, 0.2) is 18.6 Å². The summed E-state index contributed by atoms with van der Waals surface area (Å²) in [5.74, 6) is 0. The van der Waals surface area contributed by atoms with Crippen molar-refractivity contribution in [2.45, 2.75) is 68.9 Å². The van der Waals surface area contributed by atoms with Gasteiger partial charge in [-0.2, -0.15) is 5.26 Å². The highest BCUT2D eigenvalue weighted by Gasteiger charge is 2.38. The molecule has 0 spiro atoms. The highest BCUT2D eigenvalue weighted by Crippen LogP contribution is 2.42. The standard InChI is InChI=1S/C16H22N4/c17-9-1-6-16(15-12-18-10-11-19-15)7-4-14(5-8-16)20-13-2-3-13/h10-14,20H,1-8H2/t14-,16-. The van der Waals surface area contributed by atoms with Crippen LogP contribution in [0.25, 0.3) is 0 Å². The molecule has 2 fully saturated rings. The number of nitrogens with one attached hydrogen (secondary N) is 1. The fraction of sp³-hybridized carbons (Fsp3) is 0.688. The topological polar surface area (TPSA) is 61.6 Å². The Morgan fingerprint density at radius 2 is 1.95 bits per heavy atom. The van der Waals surface area contributed by atoms with Gasteiger partial charge in [-0.3, -0.25) is 9.97 Å². The predicted molar refractivity (Wildman–Crippen MR) is 77.0 cm³/mol. The summed E-state index contributed by atoms with van der Waals surface area (Å²) in [6.07, 6.45) is 14.2. The fourth-order valence-electron chi connectivity index (χ4n) is 3.42. The zero-order valence-electron chi connectivity index (χ0n) is 11.9. The summed E-state index contributed by atoms with van der Waals surface area (Å²) in [6, 6.07) is 3.74. The molecule has 0 radical (unpaired) electrons. The van der Waals surface area contributed by atoms with E-state index >= 15 is 0 Å². The Morgan fingerprint density at radius 3 is 2.55 bits per heavy atom. The summed E-state index contributed by atoms with van der Waals surface area (Å²) in [5, 5.41) is 12.7.